The average molecular weight is 264 g/mol. The van der Waals surface area contributed by atoms with E-state index in [0.29, 0.717) is 0 Å². The molecule has 0 aliphatic rings. The first-order valence-electron chi connectivity index (χ1n) is 7.06. The maximum Gasteiger partial charge on any atom is 0.0497 e. The molecule has 1 heterocycles. The second kappa shape index (κ2) is 8.25. The van der Waals surface area contributed by atoms with Crippen molar-refractivity contribution in [3.05, 3.63) is 30.1 Å². The molecule has 4 nitrogen and oxygen atoms in total. The highest BCUT2D eigenvalue weighted by Crippen LogP contribution is 2.23. The lowest BCUT2D eigenvalue weighted by atomic mass is 9.97. The van der Waals surface area contributed by atoms with Gasteiger partial charge in [0.25, 0.3) is 0 Å². The molecule has 1 aromatic heterocycles. The highest BCUT2D eigenvalue weighted by molar-refractivity contribution is 5.17. The van der Waals surface area contributed by atoms with Gasteiger partial charge >= 0.3 is 0 Å². The minimum absolute atomic E-state index is 0.159. The number of hydrogen-bond acceptors (Lipinski definition) is 4. The molecule has 2 unspecified atom stereocenters. The van der Waals surface area contributed by atoms with Gasteiger partial charge in [0.05, 0.1) is 0 Å². The summed E-state index contributed by atoms with van der Waals surface area (Å²) in [6, 6.07) is 4.58. The Hall–Kier alpha value is -0.970. The quantitative estimate of drug-likeness (QED) is 0.777. The molecule has 0 aliphatic heterocycles. The smallest absolute Gasteiger partial charge is 0.0497 e. The lowest BCUT2D eigenvalue weighted by Gasteiger charge is -2.33. The molecule has 1 rings (SSSR count). The number of pyridine rings is 1. The van der Waals surface area contributed by atoms with E-state index in [1.165, 1.54) is 5.56 Å². The Labute approximate surface area is 117 Å². The molecule has 2 atom stereocenters. The van der Waals surface area contributed by atoms with Crippen LogP contribution in [-0.4, -0.2) is 55.1 Å². The standard InChI is InChI=1S/C15H28N4/c1-5-14(16)15(13-7-9-17-10-8-13)19(4)12-6-11-18(2)3/h7-10,14-15H,5-6,11-12,16H2,1-4H3. The van der Waals surface area contributed by atoms with Crippen molar-refractivity contribution in [1.29, 1.82) is 0 Å². The molecular weight excluding hydrogens is 236 g/mol. The highest BCUT2D eigenvalue weighted by atomic mass is 15.2. The Morgan fingerprint density at radius 1 is 1.16 bits per heavy atom. The molecule has 0 bridgehead atoms. The molecule has 0 aliphatic carbocycles. The van der Waals surface area contributed by atoms with Crippen molar-refractivity contribution < 1.29 is 0 Å². The van der Waals surface area contributed by atoms with Gasteiger partial charge in [0.2, 0.25) is 0 Å². The molecule has 0 saturated carbocycles. The minimum Gasteiger partial charge on any atom is -0.326 e. The SMILES string of the molecule is CCC(N)C(c1ccncc1)N(C)CCCN(C)C. The number of aromatic nitrogens is 1. The molecule has 0 spiro atoms. The lowest BCUT2D eigenvalue weighted by Crippen LogP contribution is -2.39. The predicted molar refractivity (Wildman–Crippen MR) is 81.0 cm³/mol. The van der Waals surface area contributed by atoms with Crippen LogP contribution in [0.4, 0.5) is 0 Å². The zero-order valence-electron chi connectivity index (χ0n) is 12.7. The fraction of sp³-hybridized carbons (Fsp3) is 0.667. The van der Waals surface area contributed by atoms with E-state index in [2.05, 4.69) is 55.0 Å². The van der Waals surface area contributed by atoms with E-state index in [9.17, 15) is 0 Å². The fourth-order valence-electron chi connectivity index (χ4n) is 2.39. The van der Waals surface area contributed by atoms with Gasteiger partial charge in [-0.3, -0.25) is 9.88 Å². The zero-order valence-corrected chi connectivity index (χ0v) is 12.7. The number of likely N-dealkylation sites (N-methyl/N-ethyl adjacent to an activating group) is 1. The summed E-state index contributed by atoms with van der Waals surface area (Å²) in [5.74, 6) is 0. The Morgan fingerprint density at radius 2 is 1.79 bits per heavy atom. The summed E-state index contributed by atoms with van der Waals surface area (Å²) in [5, 5.41) is 0. The van der Waals surface area contributed by atoms with Crippen molar-refractivity contribution in [3.63, 3.8) is 0 Å². The van der Waals surface area contributed by atoms with E-state index in [0.717, 1.165) is 25.9 Å². The maximum absolute atomic E-state index is 6.31. The van der Waals surface area contributed by atoms with Crippen molar-refractivity contribution in [2.45, 2.75) is 31.8 Å². The van der Waals surface area contributed by atoms with Crippen LogP contribution in [0.25, 0.3) is 0 Å². The van der Waals surface area contributed by atoms with Gasteiger partial charge in [-0.15, -0.1) is 0 Å². The van der Waals surface area contributed by atoms with Gasteiger partial charge in [-0.1, -0.05) is 6.92 Å². The molecule has 4 heteroatoms. The van der Waals surface area contributed by atoms with Crippen LogP contribution in [0.5, 0.6) is 0 Å². The maximum atomic E-state index is 6.31. The Kier molecular flexibility index (Phi) is 6.99. The van der Waals surface area contributed by atoms with Gasteiger partial charge in [0, 0.05) is 24.5 Å². The van der Waals surface area contributed by atoms with Gasteiger partial charge < -0.3 is 10.6 Å². The second-order valence-electron chi connectivity index (χ2n) is 5.43. The summed E-state index contributed by atoms with van der Waals surface area (Å²) in [6.07, 6.45) is 5.82. The van der Waals surface area contributed by atoms with Gasteiger partial charge in [0.15, 0.2) is 0 Å². The van der Waals surface area contributed by atoms with Gasteiger partial charge in [-0.05, 0) is 64.8 Å². The minimum atomic E-state index is 0.159. The average Bonchev–Trinajstić information content (AvgIpc) is 2.39. The molecule has 2 N–H and O–H groups in total. The van der Waals surface area contributed by atoms with Gasteiger partial charge in [0.1, 0.15) is 0 Å². The van der Waals surface area contributed by atoms with Crippen molar-refractivity contribution in [2.24, 2.45) is 5.73 Å². The number of nitrogens with zero attached hydrogens (tertiary/aromatic N) is 3. The Bertz CT molecular complexity index is 339. The van der Waals surface area contributed by atoms with Crippen molar-refractivity contribution in [1.82, 2.24) is 14.8 Å². The Morgan fingerprint density at radius 3 is 2.32 bits per heavy atom. The van der Waals surface area contributed by atoms with E-state index in [1.807, 2.05) is 12.4 Å². The van der Waals surface area contributed by atoms with Crippen LogP contribution in [0.1, 0.15) is 31.4 Å². The molecule has 1 aromatic rings. The zero-order chi connectivity index (χ0) is 14.3. The summed E-state index contributed by atoms with van der Waals surface area (Å²) in [6.45, 7) is 4.31. The Balaban J connectivity index is 2.69. The molecule has 19 heavy (non-hydrogen) atoms. The summed E-state index contributed by atoms with van der Waals surface area (Å²) in [5.41, 5.74) is 7.57. The first kappa shape index (κ1) is 16.1. The number of rotatable bonds is 8. The van der Waals surface area contributed by atoms with E-state index in [-0.39, 0.29) is 12.1 Å². The summed E-state index contributed by atoms with van der Waals surface area (Å²) >= 11 is 0. The van der Waals surface area contributed by atoms with Crippen LogP contribution >= 0.6 is 0 Å². The third-order valence-corrected chi connectivity index (χ3v) is 3.52. The van der Waals surface area contributed by atoms with Gasteiger partial charge in [-0.25, -0.2) is 0 Å². The number of hydrogen-bond donors (Lipinski definition) is 1. The summed E-state index contributed by atoms with van der Waals surface area (Å²) < 4.78 is 0. The van der Waals surface area contributed by atoms with Crippen LogP contribution < -0.4 is 5.73 Å². The molecule has 0 amide bonds. The highest BCUT2D eigenvalue weighted by Gasteiger charge is 2.22. The molecular formula is C15H28N4. The van der Waals surface area contributed by atoms with Gasteiger partial charge in [-0.2, -0.15) is 0 Å². The van der Waals surface area contributed by atoms with Crippen molar-refractivity contribution >= 4 is 0 Å². The summed E-state index contributed by atoms with van der Waals surface area (Å²) in [7, 11) is 6.38. The van der Waals surface area contributed by atoms with E-state index >= 15 is 0 Å². The third-order valence-electron chi connectivity index (χ3n) is 3.52. The third kappa shape index (κ3) is 5.27. The van der Waals surface area contributed by atoms with Crippen LogP contribution in [0.15, 0.2) is 24.5 Å². The van der Waals surface area contributed by atoms with Crippen LogP contribution in [0.2, 0.25) is 0 Å². The largest absolute Gasteiger partial charge is 0.326 e. The topological polar surface area (TPSA) is 45.4 Å². The van der Waals surface area contributed by atoms with E-state index in [4.69, 9.17) is 5.73 Å². The fourth-order valence-corrected chi connectivity index (χ4v) is 2.39. The first-order valence-corrected chi connectivity index (χ1v) is 7.06. The predicted octanol–water partition coefficient (Wildman–Crippen LogP) is 1.74. The normalized spacial score (nSPS) is 14.9. The lowest BCUT2D eigenvalue weighted by molar-refractivity contribution is 0.200. The molecule has 108 valence electrons. The van der Waals surface area contributed by atoms with E-state index in [1.54, 1.807) is 0 Å². The molecule has 0 aromatic carbocycles. The summed E-state index contributed by atoms with van der Waals surface area (Å²) in [4.78, 5) is 8.68. The first-order chi connectivity index (χ1) is 9.06. The molecule has 0 saturated heterocycles. The van der Waals surface area contributed by atoms with Crippen molar-refractivity contribution in [3.8, 4) is 0 Å². The second-order valence-corrected chi connectivity index (χ2v) is 5.43. The van der Waals surface area contributed by atoms with E-state index < -0.39 is 0 Å². The number of nitrogens with two attached hydrogens (primary N) is 1. The van der Waals surface area contributed by atoms with Crippen LogP contribution in [0.3, 0.4) is 0 Å². The molecule has 0 radical (unpaired) electrons. The molecule has 0 fully saturated rings. The van der Waals surface area contributed by atoms with Crippen LogP contribution in [0, 0.1) is 0 Å². The monoisotopic (exact) mass is 264 g/mol. The van der Waals surface area contributed by atoms with Crippen LogP contribution in [-0.2, 0) is 0 Å². The van der Waals surface area contributed by atoms with Crippen molar-refractivity contribution in [2.75, 3.05) is 34.2 Å².